The quantitative estimate of drug-likeness (QED) is 0.421. The third-order valence-corrected chi connectivity index (χ3v) is 6.74. The van der Waals surface area contributed by atoms with Gasteiger partial charge in [0.2, 0.25) is 0 Å². The predicted octanol–water partition coefficient (Wildman–Crippen LogP) is 4.44. The molecule has 0 radical (unpaired) electrons. The Morgan fingerprint density at radius 3 is 2.85 bits per heavy atom. The molecule has 4 heterocycles. The molecule has 6 heteroatoms. The molecule has 33 heavy (non-hydrogen) atoms. The van der Waals surface area contributed by atoms with Gasteiger partial charge in [0.25, 0.3) is 5.91 Å². The van der Waals surface area contributed by atoms with E-state index < -0.39 is 0 Å². The lowest BCUT2D eigenvalue weighted by molar-refractivity contribution is 0.0657. The van der Waals surface area contributed by atoms with Gasteiger partial charge < -0.3 is 9.47 Å². The first kappa shape index (κ1) is 19.7. The average Bonchev–Trinajstić information content (AvgIpc) is 3.38. The van der Waals surface area contributed by atoms with Crippen LogP contribution in [-0.4, -0.2) is 36.7 Å². The zero-order valence-electron chi connectivity index (χ0n) is 18.8. The highest BCUT2D eigenvalue weighted by Crippen LogP contribution is 2.34. The predicted molar refractivity (Wildman–Crippen MR) is 129 cm³/mol. The Bertz CT molecular complexity index is 1510. The summed E-state index contributed by atoms with van der Waals surface area (Å²) in [5, 5.41) is 6.90. The van der Waals surface area contributed by atoms with Crippen LogP contribution in [0.1, 0.15) is 33.2 Å². The first-order valence-electron chi connectivity index (χ1n) is 11.3. The summed E-state index contributed by atoms with van der Waals surface area (Å²) < 4.78 is 3.90. The topological polar surface area (TPSA) is 56.0 Å². The summed E-state index contributed by atoms with van der Waals surface area (Å²) in [7, 11) is 3.94. The molecule has 0 spiro atoms. The summed E-state index contributed by atoms with van der Waals surface area (Å²) in [6.45, 7) is 0.678. The largest absolute Gasteiger partial charge is 0.350 e. The molecule has 0 aliphatic carbocycles. The summed E-state index contributed by atoms with van der Waals surface area (Å²) in [5.41, 5.74) is 6.16. The van der Waals surface area contributed by atoms with E-state index in [-0.39, 0.29) is 11.9 Å². The lowest BCUT2D eigenvalue weighted by Gasteiger charge is -2.35. The monoisotopic (exact) mass is 435 g/mol. The summed E-state index contributed by atoms with van der Waals surface area (Å²) in [6.07, 6.45) is 7.38. The number of amides is 1. The second-order valence-corrected chi connectivity index (χ2v) is 8.88. The van der Waals surface area contributed by atoms with Crippen molar-refractivity contribution in [1.82, 2.24) is 24.2 Å². The van der Waals surface area contributed by atoms with Gasteiger partial charge in [0.15, 0.2) is 0 Å². The first-order valence-corrected chi connectivity index (χ1v) is 11.3. The van der Waals surface area contributed by atoms with Crippen molar-refractivity contribution in [1.29, 1.82) is 0 Å². The number of hydrogen-bond acceptors (Lipinski definition) is 3. The molecule has 164 valence electrons. The van der Waals surface area contributed by atoms with Gasteiger partial charge in [-0.2, -0.15) is 5.10 Å². The Kier molecular flexibility index (Phi) is 4.54. The van der Waals surface area contributed by atoms with Crippen molar-refractivity contribution in [3.05, 3.63) is 95.6 Å². The standard InChI is InChI=1S/C27H25N5O/c1-30-17-22(21-7-3-4-8-24(21)30)27(33)32-13-11-20-16-31(2)29-26(20)25(32)15-18-9-10-19-6-5-12-28-23(19)14-18/h3-10,12,14,16-17,25H,11,13,15H2,1-2H3. The van der Waals surface area contributed by atoms with E-state index in [1.807, 2.05) is 64.9 Å². The molecule has 0 saturated heterocycles. The third-order valence-electron chi connectivity index (χ3n) is 6.74. The number of nitrogens with zero attached hydrogens (tertiary/aromatic N) is 5. The zero-order chi connectivity index (χ0) is 22.5. The van der Waals surface area contributed by atoms with Crippen LogP contribution < -0.4 is 0 Å². The molecule has 3 aromatic heterocycles. The summed E-state index contributed by atoms with van der Waals surface area (Å²) >= 11 is 0. The van der Waals surface area contributed by atoms with Crippen LogP contribution in [-0.2, 0) is 26.9 Å². The SMILES string of the molecule is Cn1cc2c(n1)C(Cc1ccc3cccnc3c1)N(C(=O)c1cn(C)c3ccccc13)CC2. The van der Waals surface area contributed by atoms with Crippen LogP contribution in [0.4, 0.5) is 0 Å². The number of aryl methyl sites for hydroxylation is 2. The zero-order valence-corrected chi connectivity index (χ0v) is 18.8. The molecule has 1 atom stereocenters. The summed E-state index contributed by atoms with van der Waals surface area (Å²) in [4.78, 5) is 20.5. The van der Waals surface area contributed by atoms with Crippen molar-refractivity contribution in [3.63, 3.8) is 0 Å². The normalized spacial score (nSPS) is 15.8. The van der Waals surface area contributed by atoms with Crippen molar-refractivity contribution in [2.24, 2.45) is 14.1 Å². The van der Waals surface area contributed by atoms with Crippen LogP contribution in [0, 0.1) is 0 Å². The van der Waals surface area contributed by atoms with Gasteiger partial charge in [-0.15, -0.1) is 0 Å². The second-order valence-electron chi connectivity index (χ2n) is 8.88. The molecule has 1 amide bonds. The van der Waals surface area contributed by atoms with Gasteiger partial charge in [-0.3, -0.25) is 14.5 Å². The number of pyridine rings is 1. The molecular weight excluding hydrogens is 410 g/mol. The van der Waals surface area contributed by atoms with Crippen molar-refractivity contribution in [2.75, 3.05) is 6.54 Å². The highest BCUT2D eigenvalue weighted by Gasteiger charge is 2.34. The molecule has 1 aliphatic heterocycles. The minimum absolute atomic E-state index is 0.0621. The number of fused-ring (bicyclic) bond motifs is 3. The van der Waals surface area contributed by atoms with E-state index in [0.717, 1.165) is 45.0 Å². The molecule has 1 aliphatic rings. The Balaban J connectivity index is 1.42. The maximum absolute atomic E-state index is 13.9. The second kappa shape index (κ2) is 7.59. The van der Waals surface area contributed by atoms with Gasteiger partial charge in [0.05, 0.1) is 22.8 Å². The van der Waals surface area contributed by atoms with Gasteiger partial charge >= 0.3 is 0 Å². The minimum Gasteiger partial charge on any atom is -0.350 e. The van der Waals surface area contributed by atoms with Crippen molar-refractivity contribution in [3.8, 4) is 0 Å². The highest BCUT2D eigenvalue weighted by molar-refractivity contribution is 6.07. The Morgan fingerprint density at radius 1 is 1.06 bits per heavy atom. The number of benzene rings is 2. The van der Waals surface area contributed by atoms with E-state index in [1.165, 1.54) is 5.56 Å². The summed E-state index contributed by atoms with van der Waals surface area (Å²) in [6, 6.07) is 18.4. The Morgan fingerprint density at radius 2 is 1.94 bits per heavy atom. The van der Waals surface area contributed by atoms with Gasteiger partial charge in [0, 0.05) is 55.5 Å². The van der Waals surface area contributed by atoms with E-state index in [9.17, 15) is 4.79 Å². The number of para-hydroxylation sites is 1. The highest BCUT2D eigenvalue weighted by atomic mass is 16.2. The van der Waals surface area contributed by atoms with E-state index in [0.29, 0.717) is 13.0 Å². The van der Waals surface area contributed by atoms with Crippen LogP contribution in [0.15, 0.2) is 73.2 Å². The number of rotatable bonds is 3. The van der Waals surface area contributed by atoms with Crippen LogP contribution in [0.3, 0.4) is 0 Å². The van der Waals surface area contributed by atoms with Crippen LogP contribution in [0.2, 0.25) is 0 Å². The smallest absolute Gasteiger partial charge is 0.256 e. The minimum atomic E-state index is -0.123. The molecule has 0 saturated carbocycles. The number of carbonyl (C=O) groups is 1. The van der Waals surface area contributed by atoms with Gasteiger partial charge in [-0.25, -0.2) is 0 Å². The molecule has 2 aromatic carbocycles. The fourth-order valence-corrected chi connectivity index (χ4v) is 5.15. The maximum Gasteiger partial charge on any atom is 0.256 e. The number of hydrogen-bond donors (Lipinski definition) is 0. The van der Waals surface area contributed by atoms with Crippen molar-refractivity contribution < 1.29 is 4.79 Å². The molecule has 6 rings (SSSR count). The molecule has 6 nitrogen and oxygen atoms in total. The fourth-order valence-electron chi connectivity index (χ4n) is 5.15. The van der Waals surface area contributed by atoms with Crippen LogP contribution in [0.5, 0.6) is 0 Å². The lowest BCUT2D eigenvalue weighted by Crippen LogP contribution is -2.41. The Hall–Kier alpha value is -3.93. The van der Waals surface area contributed by atoms with E-state index >= 15 is 0 Å². The molecule has 1 unspecified atom stereocenters. The number of carbonyl (C=O) groups excluding carboxylic acids is 1. The molecule has 0 bridgehead atoms. The van der Waals surface area contributed by atoms with Crippen molar-refractivity contribution >= 4 is 27.7 Å². The summed E-state index contributed by atoms with van der Waals surface area (Å²) in [5.74, 6) is 0.0621. The lowest BCUT2D eigenvalue weighted by atomic mass is 9.93. The molecule has 5 aromatic rings. The van der Waals surface area contributed by atoms with Gasteiger partial charge in [0.1, 0.15) is 0 Å². The van der Waals surface area contributed by atoms with E-state index in [1.54, 1.807) is 0 Å². The van der Waals surface area contributed by atoms with E-state index in [2.05, 4.69) is 41.5 Å². The third kappa shape index (κ3) is 3.30. The number of aromatic nitrogens is 4. The first-order chi connectivity index (χ1) is 16.1. The van der Waals surface area contributed by atoms with Gasteiger partial charge in [-0.05, 0) is 42.2 Å². The van der Waals surface area contributed by atoms with Gasteiger partial charge in [-0.1, -0.05) is 36.4 Å². The molecule has 0 fully saturated rings. The maximum atomic E-state index is 13.9. The molecule has 0 N–H and O–H groups in total. The fraction of sp³-hybridized carbons (Fsp3) is 0.222. The van der Waals surface area contributed by atoms with E-state index in [4.69, 9.17) is 5.10 Å². The molecular formula is C27H25N5O. The Labute approximate surface area is 192 Å². The average molecular weight is 436 g/mol. The van der Waals surface area contributed by atoms with Crippen LogP contribution >= 0.6 is 0 Å². The van der Waals surface area contributed by atoms with Crippen LogP contribution in [0.25, 0.3) is 21.8 Å². The van der Waals surface area contributed by atoms with Crippen molar-refractivity contribution in [2.45, 2.75) is 18.9 Å².